The molecule has 390 valence electrons. The molecule has 0 unspecified atom stereocenters. The first-order valence-corrected chi connectivity index (χ1v) is 28.0. The second-order valence-electron chi connectivity index (χ2n) is 20.8. The summed E-state index contributed by atoms with van der Waals surface area (Å²) >= 11 is 0. The molecule has 0 bridgehead atoms. The Morgan fingerprint density at radius 1 is 0.197 bits per heavy atom. The molecule has 7 rings (SSSR count). The summed E-state index contributed by atoms with van der Waals surface area (Å²) in [5.41, 5.74) is 13.0. The van der Waals surface area contributed by atoms with E-state index in [0.29, 0.717) is 53.3 Å². The summed E-state index contributed by atoms with van der Waals surface area (Å²) in [4.78, 5) is 0. The molecule has 0 aliphatic rings. The average molecular weight is 960 g/mol. The Labute approximate surface area is 440 Å². The molecule has 0 aliphatic carbocycles. The van der Waals surface area contributed by atoms with Crippen molar-refractivity contribution < 1.29 is 0 Å². The predicted molar refractivity (Wildman–Crippen MR) is 328 cm³/mol. The Kier molecular flexibility index (Phi) is 33.5. The molecule has 71 heavy (non-hydrogen) atoms. The minimum absolute atomic E-state index is 0.603. The lowest BCUT2D eigenvalue weighted by Crippen LogP contribution is -1.97. The Bertz CT molecular complexity index is 2280. The lowest BCUT2D eigenvalue weighted by atomic mass is 9.91. The fourth-order valence-corrected chi connectivity index (χ4v) is 7.86. The zero-order chi connectivity index (χ0) is 54.4. The van der Waals surface area contributed by atoms with Crippen LogP contribution in [0.15, 0.2) is 152 Å². The number of fused-ring (bicyclic) bond motifs is 2. The molecule has 0 N–H and O–H groups in total. The average Bonchev–Trinajstić information content (AvgIpc) is 3.38. The highest BCUT2D eigenvalue weighted by Gasteiger charge is 2.09. The highest BCUT2D eigenvalue weighted by Crippen LogP contribution is 2.28. The van der Waals surface area contributed by atoms with E-state index < -0.39 is 0 Å². The number of hydrogen-bond acceptors (Lipinski definition) is 0. The molecule has 0 heteroatoms. The predicted octanol–water partition coefficient (Wildman–Crippen LogP) is 23.9. The number of rotatable bonds is 9. The van der Waals surface area contributed by atoms with Crippen molar-refractivity contribution in [3.8, 4) is 0 Å². The maximum Gasteiger partial charge on any atom is -0.0149 e. The lowest BCUT2D eigenvalue weighted by molar-refractivity contribution is 0.790. The molecule has 0 aliphatic heterocycles. The van der Waals surface area contributed by atoms with Gasteiger partial charge >= 0.3 is 0 Å². The maximum absolute atomic E-state index is 2.31. The quantitative estimate of drug-likeness (QED) is 0.135. The molecular formula is C71H106. The third-order valence-electron chi connectivity index (χ3n) is 12.4. The minimum Gasteiger partial charge on any atom is -0.0683 e. The van der Waals surface area contributed by atoms with Crippen molar-refractivity contribution in [1.82, 2.24) is 0 Å². The van der Waals surface area contributed by atoms with Crippen molar-refractivity contribution in [2.75, 3.05) is 0 Å². The molecule has 0 nitrogen and oxygen atoms in total. The van der Waals surface area contributed by atoms with Gasteiger partial charge in [-0.3, -0.25) is 0 Å². The van der Waals surface area contributed by atoms with Crippen LogP contribution in [0.1, 0.15) is 270 Å². The van der Waals surface area contributed by atoms with Gasteiger partial charge in [-0.1, -0.05) is 318 Å². The summed E-state index contributed by atoms with van der Waals surface area (Å²) < 4.78 is 0. The standard InChI is InChI=1S/C16H20.C13H14.3C12H18.3C2H6/c1-11(2)13-5-7-16-10-14(12(3)4)6-8-15(16)9-13;1-10(2)12-9-5-7-11-6-3-4-8-13(11)12;1-9(2)11-5-7-12(8-6-11)10(3)4;1-9(2)11-6-5-7-12(8-11)10(3)4;1-9(2)11-7-5-6-8-12(11)10(3)4;3*1-2/h5-12H,1-4H3;3-10H,1-2H3;3*5-10H,1-4H3;3*1-2H3. The monoisotopic (exact) mass is 959 g/mol. The van der Waals surface area contributed by atoms with Gasteiger partial charge in [0.1, 0.15) is 0 Å². The second kappa shape index (κ2) is 36.0. The van der Waals surface area contributed by atoms with Crippen LogP contribution in [-0.2, 0) is 0 Å². The normalized spacial score (nSPS) is 10.5. The van der Waals surface area contributed by atoms with Gasteiger partial charge in [-0.2, -0.15) is 0 Å². The Morgan fingerprint density at radius 3 is 0.803 bits per heavy atom. The van der Waals surface area contributed by atoms with Gasteiger partial charge in [-0.25, -0.2) is 0 Å². The summed E-state index contributed by atoms with van der Waals surface area (Å²) in [6.07, 6.45) is 0. The first kappa shape index (κ1) is 66.1. The van der Waals surface area contributed by atoms with E-state index in [1.54, 1.807) is 0 Å². The Balaban J connectivity index is 0.000000843. The molecule has 0 radical (unpaired) electrons. The van der Waals surface area contributed by atoms with E-state index in [0.717, 1.165) is 0 Å². The topological polar surface area (TPSA) is 0 Å². The number of hydrogen-bond donors (Lipinski definition) is 0. The molecule has 0 saturated heterocycles. The highest BCUT2D eigenvalue weighted by molar-refractivity contribution is 5.86. The molecule has 7 aromatic carbocycles. The smallest absolute Gasteiger partial charge is 0.0149 e. The minimum atomic E-state index is 0.603. The lowest BCUT2D eigenvalue weighted by Gasteiger charge is -2.14. The third kappa shape index (κ3) is 23.4. The first-order chi connectivity index (χ1) is 33.7. The zero-order valence-corrected chi connectivity index (χ0v) is 50.1. The van der Waals surface area contributed by atoms with Gasteiger partial charge in [-0.15, -0.1) is 0 Å². The SMILES string of the molecule is CC.CC.CC.CC(C)c1ccc(C(C)C)cc1.CC(C)c1ccc2cc(C(C)C)ccc2c1.CC(C)c1cccc(C(C)C)c1.CC(C)c1cccc2ccccc12.CC(C)c1ccccc1C(C)C. The molecule has 0 heterocycles. The van der Waals surface area contributed by atoms with E-state index in [-0.39, 0.29) is 0 Å². The molecule has 0 atom stereocenters. The van der Waals surface area contributed by atoms with E-state index in [2.05, 4.69) is 276 Å². The van der Waals surface area contributed by atoms with Crippen molar-refractivity contribution in [2.45, 2.75) is 219 Å². The van der Waals surface area contributed by atoms with Crippen LogP contribution in [0.4, 0.5) is 0 Å². The van der Waals surface area contributed by atoms with Gasteiger partial charge in [0, 0.05) is 0 Å². The summed E-state index contributed by atoms with van der Waals surface area (Å²) in [5, 5.41) is 5.44. The van der Waals surface area contributed by atoms with E-state index in [4.69, 9.17) is 0 Å². The summed E-state index contributed by atoms with van der Waals surface area (Å²) in [6, 6.07) is 55.2. The molecule has 0 spiro atoms. The van der Waals surface area contributed by atoms with E-state index in [1.165, 1.54) is 71.6 Å². The van der Waals surface area contributed by atoms with E-state index in [9.17, 15) is 0 Å². The van der Waals surface area contributed by atoms with Crippen molar-refractivity contribution in [2.24, 2.45) is 0 Å². The van der Waals surface area contributed by atoms with Crippen LogP contribution < -0.4 is 0 Å². The van der Waals surface area contributed by atoms with Crippen LogP contribution in [0.5, 0.6) is 0 Å². The summed E-state index contributed by atoms with van der Waals surface area (Å²) in [7, 11) is 0. The van der Waals surface area contributed by atoms with Gasteiger partial charge in [0.05, 0.1) is 0 Å². The van der Waals surface area contributed by atoms with Crippen LogP contribution in [-0.4, -0.2) is 0 Å². The molecule has 0 aromatic heterocycles. The fraction of sp³-hybridized carbons (Fsp3) is 0.465. The van der Waals surface area contributed by atoms with Crippen molar-refractivity contribution in [3.63, 3.8) is 0 Å². The van der Waals surface area contributed by atoms with Gasteiger partial charge < -0.3 is 0 Å². The Hall–Kier alpha value is -4.94. The highest BCUT2D eigenvalue weighted by atomic mass is 14.1. The first-order valence-electron chi connectivity index (χ1n) is 28.0. The molecular weight excluding hydrogens is 853 g/mol. The van der Waals surface area contributed by atoms with Crippen LogP contribution in [0.3, 0.4) is 0 Å². The zero-order valence-electron chi connectivity index (χ0n) is 50.1. The van der Waals surface area contributed by atoms with Crippen molar-refractivity contribution >= 4 is 21.5 Å². The molecule has 0 amide bonds. The van der Waals surface area contributed by atoms with Crippen molar-refractivity contribution in [1.29, 1.82) is 0 Å². The molecule has 0 fully saturated rings. The van der Waals surface area contributed by atoms with Gasteiger partial charge in [0.25, 0.3) is 0 Å². The largest absolute Gasteiger partial charge is 0.0683 e. The molecule has 0 saturated carbocycles. The second-order valence-corrected chi connectivity index (χ2v) is 20.8. The Morgan fingerprint density at radius 2 is 0.465 bits per heavy atom. The van der Waals surface area contributed by atoms with Gasteiger partial charge in [0.2, 0.25) is 0 Å². The van der Waals surface area contributed by atoms with Crippen LogP contribution in [0, 0.1) is 0 Å². The van der Waals surface area contributed by atoms with Crippen molar-refractivity contribution in [3.05, 3.63) is 202 Å². The van der Waals surface area contributed by atoms with Crippen LogP contribution in [0.2, 0.25) is 0 Å². The fourth-order valence-electron chi connectivity index (χ4n) is 7.86. The summed E-state index contributed by atoms with van der Waals surface area (Å²) in [5.74, 6) is 5.67. The van der Waals surface area contributed by atoms with E-state index >= 15 is 0 Å². The number of benzene rings is 7. The van der Waals surface area contributed by atoms with Crippen LogP contribution in [0.25, 0.3) is 21.5 Å². The van der Waals surface area contributed by atoms with Gasteiger partial charge in [0.15, 0.2) is 0 Å². The molecule has 7 aromatic rings. The maximum atomic E-state index is 2.31. The summed E-state index contributed by atoms with van der Waals surface area (Å²) in [6.45, 7) is 52.3. The van der Waals surface area contributed by atoms with Gasteiger partial charge in [-0.05, 0) is 125 Å². The third-order valence-corrected chi connectivity index (χ3v) is 12.4. The van der Waals surface area contributed by atoms with E-state index in [1.807, 2.05) is 41.5 Å². The van der Waals surface area contributed by atoms with Crippen LogP contribution >= 0.6 is 0 Å².